The molecule has 4 aromatic rings. The van der Waals surface area contributed by atoms with Crippen LogP contribution in [0.15, 0.2) is 42.7 Å². The number of hydrogen-bond donors (Lipinski definition) is 0. The molecule has 0 N–H and O–H groups in total. The summed E-state index contributed by atoms with van der Waals surface area (Å²) in [5.74, 6) is 2.38. The molecule has 8 nitrogen and oxygen atoms in total. The highest BCUT2D eigenvalue weighted by Crippen LogP contribution is 2.32. The third-order valence-electron chi connectivity index (χ3n) is 3.97. The van der Waals surface area contributed by atoms with Crippen molar-refractivity contribution in [3.8, 4) is 34.3 Å². The van der Waals surface area contributed by atoms with Crippen LogP contribution in [0.25, 0.3) is 28.6 Å². The summed E-state index contributed by atoms with van der Waals surface area (Å²) in [5.41, 5.74) is 2.55. The van der Waals surface area contributed by atoms with Crippen molar-refractivity contribution < 1.29 is 9.47 Å². The quantitative estimate of drug-likeness (QED) is 0.568. The van der Waals surface area contributed by atoms with Gasteiger partial charge in [0.15, 0.2) is 5.82 Å². The molecule has 25 heavy (non-hydrogen) atoms. The SMILES string of the molecule is COc1ccc(-c2nc3nccc(-c4ccnn4C)n3n2)c(OC)c1. The number of fused-ring (bicyclic) bond motifs is 1. The highest BCUT2D eigenvalue weighted by atomic mass is 16.5. The zero-order chi connectivity index (χ0) is 17.4. The van der Waals surface area contributed by atoms with E-state index in [4.69, 9.17) is 9.47 Å². The number of aromatic nitrogens is 6. The first kappa shape index (κ1) is 15.1. The van der Waals surface area contributed by atoms with Gasteiger partial charge in [0, 0.05) is 25.5 Å². The Morgan fingerprint density at radius 2 is 1.80 bits per heavy atom. The highest BCUT2D eigenvalue weighted by Gasteiger charge is 2.16. The van der Waals surface area contributed by atoms with Gasteiger partial charge in [-0.25, -0.2) is 4.98 Å². The molecule has 0 amide bonds. The number of hydrogen-bond acceptors (Lipinski definition) is 6. The van der Waals surface area contributed by atoms with Gasteiger partial charge in [0.2, 0.25) is 0 Å². The minimum Gasteiger partial charge on any atom is -0.497 e. The van der Waals surface area contributed by atoms with Crippen LogP contribution >= 0.6 is 0 Å². The Balaban J connectivity index is 1.90. The van der Waals surface area contributed by atoms with E-state index in [0.29, 0.717) is 23.1 Å². The van der Waals surface area contributed by atoms with Crippen LogP contribution in [0.2, 0.25) is 0 Å². The van der Waals surface area contributed by atoms with Gasteiger partial charge < -0.3 is 9.47 Å². The largest absolute Gasteiger partial charge is 0.497 e. The summed E-state index contributed by atoms with van der Waals surface area (Å²) in [6.45, 7) is 0. The van der Waals surface area contributed by atoms with Crippen molar-refractivity contribution in [1.29, 1.82) is 0 Å². The topological polar surface area (TPSA) is 79.4 Å². The van der Waals surface area contributed by atoms with E-state index in [2.05, 4.69) is 20.2 Å². The molecule has 0 saturated carbocycles. The van der Waals surface area contributed by atoms with E-state index in [1.165, 1.54) is 0 Å². The lowest BCUT2D eigenvalue weighted by molar-refractivity contribution is 0.395. The van der Waals surface area contributed by atoms with Crippen molar-refractivity contribution in [3.05, 3.63) is 42.7 Å². The van der Waals surface area contributed by atoms with E-state index in [0.717, 1.165) is 17.0 Å². The molecule has 0 radical (unpaired) electrons. The molecule has 0 aliphatic carbocycles. The minimum atomic E-state index is 0.506. The minimum absolute atomic E-state index is 0.506. The zero-order valence-electron chi connectivity index (χ0n) is 14.0. The maximum Gasteiger partial charge on any atom is 0.253 e. The van der Waals surface area contributed by atoms with E-state index in [1.807, 2.05) is 31.3 Å². The second kappa shape index (κ2) is 5.90. The van der Waals surface area contributed by atoms with Gasteiger partial charge in [-0.1, -0.05) is 0 Å². The Morgan fingerprint density at radius 1 is 0.960 bits per heavy atom. The number of benzene rings is 1. The lowest BCUT2D eigenvalue weighted by Crippen LogP contribution is -2.01. The van der Waals surface area contributed by atoms with Crippen LogP contribution in [0.1, 0.15) is 0 Å². The van der Waals surface area contributed by atoms with Crippen molar-refractivity contribution in [2.75, 3.05) is 14.2 Å². The first-order valence-corrected chi connectivity index (χ1v) is 7.64. The van der Waals surface area contributed by atoms with Crippen molar-refractivity contribution in [2.45, 2.75) is 0 Å². The van der Waals surface area contributed by atoms with Gasteiger partial charge in [0.1, 0.15) is 11.5 Å². The van der Waals surface area contributed by atoms with E-state index < -0.39 is 0 Å². The van der Waals surface area contributed by atoms with Crippen LogP contribution < -0.4 is 9.47 Å². The Hall–Kier alpha value is -3.42. The molecule has 0 saturated heterocycles. The average Bonchev–Trinajstić information content (AvgIpc) is 3.26. The predicted octanol–water partition coefficient (Wildman–Crippen LogP) is 2.21. The molecule has 3 heterocycles. The van der Waals surface area contributed by atoms with Crippen molar-refractivity contribution in [1.82, 2.24) is 29.4 Å². The van der Waals surface area contributed by atoms with Crippen LogP contribution in [-0.4, -0.2) is 43.6 Å². The predicted molar refractivity (Wildman–Crippen MR) is 91.5 cm³/mol. The van der Waals surface area contributed by atoms with Gasteiger partial charge in [0.05, 0.1) is 31.2 Å². The number of methoxy groups -OCH3 is 2. The molecule has 0 bridgehead atoms. The fourth-order valence-electron chi connectivity index (χ4n) is 2.71. The normalized spacial score (nSPS) is 11.0. The summed E-state index contributed by atoms with van der Waals surface area (Å²) in [6.07, 6.45) is 3.45. The van der Waals surface area contributed by atoms with Crippen LogP contribution in [0.5, 0.6) is 11.5 Å². The van der Waals surface area contributed by atoms with E-state index in [9.17, 15) is 0 Å². The van der Waals surface area contributed by atoms with Gasteiger partial charge in [-0.2, -0.15) is 14.6 Å². The molecule has 4 rings (SSSR count). The summed E-state index contributed by atoms with van der Waals surface area (Å²) >= 11 is 0. The van der Waals surface area contributed by atoms with E-state index >= 15 is 0 Å². The summed E-state index contributed by atoms with van der Waals surface area (Å²) in [7, 11) is 5.10. The van der Waals surface area contributed by atoms with Crippen LogP contribution in [0.3, 0.4) is 0 Å². The molecule has 0 unspecified atom stereocenters. The summed E-state index contributed by atoms with van der Waals surface area (Å²) in [5, 5.41) is 8.84. The van der Waals surface area contributed by atoms with Gasteiger partial charge in [0.25, 0.3) is 5.78 Å². The second-order valence-corrected chi connectivity index (χ2v) is 5.38. The Kier molecular flexibility index (Phi) is 3.57. The molecular weight excluding hydrogens is 320 g/mol. The summed E-state index contributed by atoms with van der Waals surface area (Å²) < 4.78 is 14.2. The van der Waals surface area contributed by atoms with Crippen LogP contribution in [0, 0.1) is 0 Å². The first-order valence-electron chi connectivity index (χ1n) is 7.64. The number of aryl methyl sites for hydroxylation is 1. The molecule has 1 aromatic carbocycles. The van der Waals surface area contributed by atoms with Crippen LogP contribution in [-0.2, 0) is 7.05 Å². The summed E-state index contributed by atoms with van der Waals surface area (Å²) in [4.78, 5) is 8.85. The molecule has 0 aliphatic rings. The number of rotatable bonds is 4. The number of nitrogens with zero attached hydrogens (tertiary/aromatic N) is 6. The molecule has 8 heteroatoms. The highest BCUT2D eigenvalue weighted by molar-refractivity contribution is 5.68. The van der Waals surface area contributed by atoms with Crippen molar-refractivity contribution >= 4 is 5.78 Å². The monoisotopic (exact) mass is 336 g/mol. The summed E-state index contributed by atoms with van der Waals surface area (Å²) in [6, 6.07) is 9.32. The van der Waals surface area contributed by atoms with E-state index in [-0.39, 0.29) is 0 Å². The lowest BCUT2D eigenvalue weighted by atomic mass is 10.2. The van der Waals surface area contributed by atoms with Gasteiger partial charge in [-0.3, -0.25) is 4.68 Å². The molecular formula is C17H16N6O2. The zero-order valence-corrected chi connectivity index (χ0v) is 14.0. The van der Waals surface area contributed by atoms with Gasteiger partial charge >= 0.3 is 0 Å². The third-order valence-corrected chi connectivity index (χ3v) is 3.97. The smallest absolute Gasteiger partial charge is 0.253 e. The Labute approximate surface area is 143 Å². The lowest BCUT2D eigenvalue weighted by Gasteiger charge is -2.07. The average molecular weight is 336 g/mol. The molecule has 0 fully saturated rings. The van der Waals surface area contributed by atoms with Crippen LogP contribution in [0.4, 0.5) is 0 Å². The molecule has 0 aliphatic heterocycles. The molecule has 0 atom stereocenters. The van der Waals surface area contributed by atoms with Crippen molar-refractivity contribution in [3.63, 3.8) is 0 Å². The fourth-order valence-corrected chi connectivity index (χ4v) is 2.71. The van der Waals surface area contributed by atoms with E-state index in [1.54, 1.807) is 41.9 Å². The fraction of sp³-hybridized carbons (Fsp3) is 0.176. The standard InChI is InChI=1S/C17H16N6O2/c1-22-13(7-9-19-22)14-6-8-18-17-20-16(21-23(14)17)12-5-4-11(24-2)10-15(12)25-3/h4-10H,1-3H3. The Morgan fingerprint density at radius 3 is 2.52 bits per heavy atom. The molecule has 0 spiro atoms. The second-order valence-electron chi connectivity index (χ2n) is 5.38. The maximum absolute atomic E-state index is 5.46. The number of ether oxygens (including phenoxy) is 2. The van der Waals surface area contributed by atoms with Gasteiger partial charge in [-0.15, -0.1) is 5.10 Å². The van der Waals surface area contributed by atoms with Gasteiger partial charge in [-0.05, 0) is 24.3 Å². The maximum atomic E-state index is 5.46. The Bertz CT molecular complexity index is 1050. The van der Waals surface area contributed by atoms with Crippen molar-refractivity contribution in [2.24, 2.45) is 7.05 Å². The molecule has 126 valence electrons. The first-order chi connectivity index (χ1) is 12.2. The molecule has 3 aromatic heterocycles. The third kappa shape index (κ3) is 2.47.